The van der Waals surface area contributed by atoms with Gasteiger partial charge in [0.1, 0.15) is 4.90 Å². The lowest BCUT2D eigenvalue weighted by atomic mass is 10.2. The summed E-state index contributed by atoms with van der Waals surface area (Å²) in [5.74, 6) is 0. The Morgan fingerprint density at radius 2 is 2.18 bits per heavy atom. The van der Waals surface area contributed by atoms with E-state index in [1.54, 1.807) is 12.1 Å². The lowest BCUT2D eigenvalue weighted by molar-refractivity contribution is 0.598. The van der Waals surface area contributed by atoms with Crippen molar-refractivity contribution in [3.8, 4) is 0 Å². The van der Waals surface area contributed by atoms with Crippen LogP contribution in [0.5, 0.6) is 0 Å². The average Bonchev–Trinajstić information content (AvgIpc) is 2.23. The summed E-state index contributed by atoms with van der Waals surface area (Å²) >= 11 is 5.85. The standard InChI is InChI=1S/C11H15ClN2O2S/c1-14-7-3-2-4-9-5-6-11(10(12)8-9)17(13,15)16/h2,4-6,8,14H,3,7H2,1H3,(H2,13,15,16). The monoisotopic (exact) mass is 274 g/mol. The van der Waals surface area contributed by atoms with Crippen LogP contribution in [0.15, 0.2) is 29.2 Å². The summed E-state index contributed by atoms with van der Waals surface area (Å²) in [6, 6.07) is 4.66. The van der Waals surface area contributed by atoms with E-state index in [-0.39, 0.29) is 9.92 Å². The summed E-state index contributed by atoms with van der Waals surface area (Å²) in [6.07, 6.45) is 4.76. The van der Waals surface area contributed by atoms with Gasteiger partial charge in [-0.05, 0) is 37.7 Å². The van der Waals surface area contributed by atoms with Crippen LogP contribution >= 0.6 is 11.6 Å². The van der Waals surface area contributed by atoms with Crippen LogP contribution in [0.4, 0.5) is 0 Å². The molecule has 1 aromatic carbocycles. The number of hydrogen-bond acceptors (Lipinski definition) is 3. The number of sulfonamides is 1. The lowest BCUT2D eigenvalue weighted by Gasteiger charge is -2.02. The zero-order valence-corrected chi connectivity index (χ0v) is 11.1. The Morgan fingerprint density at radius 1 is 1.47 bits per heavy atom. The zero-order chi connectivity index (χ0) is 12.9. The number of primary sulfonamides is 1. The number of rotatable bonds is 5. The number of halogens is 1. The molecule has 3 N–H and O–H groups in total. The molecular weight excluding hydrogens is 260 g/mol. The Bertz CT molecular complexity index is 512. The molecule has 0 fully saturated rings. The van der Waals surface area contributed by atoms with E-state index in [2.05, 4.69) is 5.32 Å². The van der Waals surface area contributed by atoms with Gasteiger partial charge in [0, 0.05) is 0 Å². The van der Waals surface area contributed by atoms with Gasteiger partial charge in [0.15, 0.2) is 0 Å². The minimum Gasteiger partial charge on any atom is -0.319 e. The molecule has 1 rings (SSSR count). The van der Waals surface area contributed by atoms with E-state index in [9.17, 15) is 8.42 Å². The summed E-state index contributed by atoms with van der Waals surface area (Å²) < 4.78 is 22.3. The first-order valence-electron chi connectivity index (χ1n) is 5.08. The zero-order valence-electron chi connectivity index (χ0n) is 9.48. The first-order chi connectivity index (χ1) is 7.95. The fourth-order valence-electron chi connectivity index (χ4n) is 1.30. The SMILES string of the molecule is CNCCC=Cc1ccc(S(N)(=O)=O)c(Cl)c1. The van der Waals surface area contributed by atoms with Gasteiger partial charge in [-0.2, -0.15) is 0 Å². The molecule has 0 aliphatic carbocycles. The van der Waals surface area contributed by atoms with Gasteiger partial charge in [0.25, 0.3) is 0 Å². The van der Waals surface area contributed by atoms with Crippen molar-refractivity contribution in [1.29, 1.82) is 0 Å². The number of nitrogens with one attached hydrogen (secondary N) is 1. The molecule has 0 atom stereocenters. The van der Waals surface area contributed by atoms with Gasteiger partial charge < -0.3 is 5.32 Å². The van der Waals surface area contributed by atoms with E-state index >= 15 is 0 Å². The van der Waals surface area contributed by atoms with Crippen LogP contribution in [0.3, 0.4) is 0 Å². The molecule has 0 spiro atoms. The summed E-state index contributed by atoms with van der Waals surface area (Å²) in [4.78, 5) is -0.0495. The van der Waals surface area contributed by atoms with Crippen LogP contribution in [0, 0.1) is 0 Å². The molecule has 17 heavy (non-hydrogen) atoms. The van der Waals surface area contributed by atoms with Crippen molar-refractivity contribution in [3.63, 3.8) is 0 Å². The molecule has 0 aliphatic rings. The first-order valence-corrected chi connectivity index (χ1v) is 7.01. The van der Waals surface area contributed by atoms with Crippen molar-refractivity contribution in [1.82, 2.24) is 5.32 Å². The average molecular weight is 275 g/mol. The highest BCUT2D eigenvalue weighted by Crippen LogP contribution is 2.22. The third-order valence-electron chi connectivity index (χ3n) is 2.13. The molecule has 4 nitrogen and oxygen atoms in total. The summed E-state index contributed by atoms with van der Waals surface area (Å²) in [5, 5.41) is 8.17. The first kappa shape index (κ1) is 14.2. The maximum Gasteiger partial charge on any atom is 0.239 e. The number of benzene rings is 1. The molecular formula is C11H15ClN2O2S. The lowest BCUT2D eigenvalue weighted by Crippen LogP contribution is -2.12. The van der Waals surface area contributed by atoms with E-state index in [0.29, 0.717) is 0 Å². The van der Waals surface area contributed by atoms with E-state index < -0.39 is 10.0 Å². The van der Waals surface area contributed by atoms with Gasteiger partial charge in [-0.25, -0.2) is 13.6 Å². The van der Waals surface area contributed by atoms with Gasteiger partial charge in [-0.15, -0.1) is 0 Å². The van der Waals surface area contributed by atoms with Crippen LogP contribution in [0.2, 0.25) is 5.02 Å². The third kappa shape index (κ3) is 4.47. The fourth-order valence-corrected chi connectivity index (χ4v) is 2.40. The summed E-state index contributed by atoms with van der Waals surface area (Å²) in [7, 11) is -1.86. The van der Waals surface area contributed by atoms with Crippen LogP contribution in [0.25, 0.3) is 6.08 Å². The number of nitrogens with two attached hydrogens (primary N) is 1. The van der Waals surface area contributed by atoms with Gasteiger partial charge in [-0.3, -0.25) is 0 Å². The van der Waals surface area contributed by atoms with Crippen molar-refractivity contribution in [3.05, 3.63) is 34.9 Å². The largest absolute Gasteiger partial charge is 0.319 e. The van der Waals surface area contributed by atoms with Gasteiger partial charge >= 0.3 is 0 Å². The molecule has 0 unspecified atom stereocenters. The molecule has 0 aliphatic heterocycles. The smallest absolute Gasteiger partial charge is 0.239 e. The predicted octanol–water partition coefficient (Wildman–Crippen LogP) is 1.61. The maximum absolute atomic E-state index is 11.1. The van der Waals surface area contributed by atoms with Crippen LogP contribution in [-0.4, -0.2) is 22.0 Å². The predicted molar refractivity (Wildman–Crippen MR) is 70.4 cm³/mol. The quantitative estimate of drug-likeness (QED) is 0.802. The second-order valence-corrected chi connectivity index (χ2v) is 5.47. The molecule has 1 aromatic rings. The Morgan fingerprint density at radius 3 is 2.71 bits per heavy atom. The van der Waals surface area contributed by atoms with E-state index in [0.717, 1.165) is 18.5 Å². The molecule has 0 heterocycles. The Hall–Kier alpha value is -0.880. The second kappa shape index (κ2) is 6.16. The Balaban J connectivity index is 2.86. The Kier molecular flexibility index (Phi) is 5.14. The second-order valence-electron chi connectivity index (χ2n) is 3.53. The fraction of sp³-hybridized carbons (Fsp3) is 0.273. The molecule has 0 saturated carbocycles. The van der Waals surface area contributed by atoms with Crippen LogP contribution in [-0.2, 0) is 10.0 Å². The number of hydrogen-bond donors (Lipinski definition) is 2. The summed E-state index contributed by atoms with van der Waals surface area (Å²) in [6.45, 7) is 0.888. The molecule has 6 heteroatoms. The molecule has 94 valence electrons. The van der Waals surface area contributed by atoms with Crippen molar-refractivity contribution in [2.24, 2.45) is 5.14 Å². The van der Waals surface area contributed by atoms with Gasteiger partial charge in [-0.1, -0.05) is 29.8 Å². The highest BCUT2D eigenvalue weighted by Gasteiger charge is 2.12. The maximum atomic E-state index is 11.1. The van der Waals surface area contributed by atoms with Crippen LogP contribution < -0.4 is 10.5 Å². The van der Waals surface area contributed by atoms with Crippen molar-refractivity contribution < 1.29 is 8.42 Å². The van der Waals surface area contributed by atoms with E-state index in [1.807, 2.05) is 19.2 Å². The third-order valence-corrected chi connectivity index (χ3v) is 3.53. The minimum absolute atomic E-state index is 0.0495. The highest BCUT2D eigenvalue weighted by molar-refractivity contribution is 7.89. The molecule has 0 radical (unpaired) electrons. The molecule has 0 saturated heterocycles. The van der Waals surface area contributed by atoms with Gasteiger partial charge in [0.05, 0.1) is 5.02 Å². The Labute approximate surface area is 107 Å². The van der Waals surface area contributed by atoms with E-state index in [4.69, 9.17) is 16.7 Å². The van der Waals surface area contributed by atoms with Crippen molar-refractivity contribution in [2.45, 2.75) is 11.3 Å². The normalized spacial score (nSPS) is 12.2. The van der Waals surface area contributed by atoms with E-state index in [1.165, 1.54) is 6.07 Å². The molecule has 0 bridgehead atoms. The van der Waals surface area contributed by atoms with Gasteiger partial charge in [0.2, 0.25) is 10.0 Å². The molecule has 0 aromatic heterocycles. The summed E-state index contributed by atoms with van der Waals surface area (Å²) in [5.41, 5.74) is 0.846. The highest BCUT2D eigenvalue weighted by atomic mass is 35.5. The van der Waals surface area contributed by atoms with Crippen molar-refractivity contribution >= 4 is 27.7 Å². The van der Waals surface area contributed by atoms with Crippen LogP contribution in [0.1, 0.15) is 12.0 Å². The van der Waals surface area contributed by atoms with Crippen molar-refractivity contribution in [2.75, 3.05) is 13.6 Å². The molecule has 0 amide bonds. The minimum atomic E-state index is -3.75. The topological polar surface area (TPSA) is 72.2 Å².